The molecule has 90 valence electrons. The second-order valence-corrected chi connectivity index (χ2v) is 4.12. The van der Waals surface area contributed by atoms with E-state index in [1.165, 1.54) is 0 Å². The first kappa shape index (κ1) is 12.0. The molecule has 0 bridgehead atoms. The van der Waals surface area contributed by atoms with E-state index in [-0.39, 0.29) is 11.9 Å². The lowest BCUT2D eigenvalue weighted by Crippen LogP contribution is -2.09. The van der Waals surface area contributed by atoms with Gasteiger partial charge in [-0.3, -0.25) is 0 Å². The number of hydrogen-bond donors (Lipinski definition) is 0. The molecule has 2 rings (SSSR count). The summed E-state index contributed by atoms with van der Waals surface area (Å²) in [6.07, 6.45) is 2.27. The number of ether oxygens (including phenoxy) is 2. The van der Waals surface area contributed by atoms with Gasteiger partial charge in [-0.2, -0.15) is 0 Å². The Balaban J connectivity index is 2.03. The van der Waals surface area contributed by atoms with Gasteiger partial charge in [0, 0.05) is 11.4 Å². The van der Waals surface area contributed by atoms with Crippen molar-refractivity contribution in [2.75, 3.05) is 6.61 Å². The largest absolute Gasteiger partial charge is 0.478 e. The molecule has 0 saturated carbocycles. The van der Waals surface area contributed by atoms with Crippen molar-refractivity contribution in [3.05, 3.63) is 46.7 Å². The van der Waals surface area contributed by atoms with Gasteiger partial charge < -0.3 is 9.47 Å². The third kappa shape index (κ3) is 2.80. The van der Waals surface area contributed by atoms with E-state index in [1.54, 1.807) is 19.1 Å². The smallest absolute Gasteiger partial charge is 0.373 e. The predicted octanol–water partition coefficient (Wildman–Crippen LogP) is 3.25. The fourth-order valence-corrected chi connectivity index (χ4v) is 1.91. The highest BCUT2D eigenvalue weighted by atomic mass is 35.5. The molecule has 0 fully saturated rings. The number of carbonyl (C=O) groups is 1. The highest BCUT2D eigenvalue weighted by Crippen LogP contribution is 2.32. The Kier molecular flexibility index (Phi) is 3.69. The molecular formula is C13H13ClO3. The molecule has 3 nitrogen and oxygen atoms in total. The van der Waals surface area contributed by atoms with Crippen LogP contribution in [-0.4, -0.2) is 12.6 Å². The standard InChI is InChI=1S/C13H13ClO3/c1-2-16-13(15)12-7-6-11(17-12)9-4-3-5-10(14)8-9/h3-5,7-8,11H,2,6H2,1H3. The molecule has 1 aliphatic heterocycles. The zero-order valence-corrected chi connectivity index (χ0v) is 10.2. The molecule has 0 spiro atoms. The summed E-state index contributed by atoms with van der Waals surface area (Å²) in [4.78, 5) is 11.4. The third-order valence-electron chi connectivity index (χ3n) is 2.48. The number of benzene rings is 1. The van der Waals surface area contributed by atoms with Gasteiger partial charge in [-0.1, -0.05) is 23.7 Å². The Labute approximate surface area is 105 Å². The average molecular weight is 253 g/mol. The Bertz CT molecular complexity index is 454. The van der Waals surface area contributed by atoms with Crippen molar-refractivity contribution >= 4 is 17.6 Å². The van der Waals surface area contributed by atoms with E-state index >= 15 is 0 Å². The monoisotopic (exact) mass is 252 g/mol. The van der Waals surface area contributed by atoms with Crippen molar-refractivity contribution < 1.29 is 14.3 Å². The zero-order valence-electron chi connectivity index (χ0n) is 9.48. The van der Waals surface area contributed by atoms with E-state index in [0.717, 1.165) is 5.56 Å². The van der Waals surface area contributed by atoms with Gasteiger partial charge in [-0.25, -0.2) is 4.79 Å². The minimum Gasteiger partial charge on any atom is -0.478 e. The van der Waals surface area contributed by atoms with Crippen LogP contribution in [0.5, 0.6) is 0 Å². The van der Waals surface area contributed by atoms with Gasteiger partial charge in [-0.05, 0) is 30.7 Å². The molecule has 1 unspecified atom stereocenters. The van der Waals surface area contributed by atoms with Crippen LogP contribution in [0.25, 0.3) is 0 Å². The Morgan fingerprint density at radius 1 is 1.59 bits per heavy atom. The number of esters is 1. The molecule has 1 aromatic rings. The molecule has 0 radical (unpaired) electrons. The summed E-state index contributed by atoms with van der Waals surface area (Å²) in [5.74, 6) is -0.117. The van der Waals surface area contributed by atoms with Crippen LogP contribution in [0.4, 0.5) is 0 Å². The first-order chi connectivity index (χ1) is 8.20. The first-order valence-corrected chi connectivity index (χ1v) is 5.88. The van der Waals surface area contributed by atoms with Crippen molar-refractivity contribution in [2.45, 2.75) is 19.4 Å². The number of halogens is 1. The highest BCUT2D eigenvalue weighted by Gasteiger charge is 2.25. The second-order valence-electron chi connectivity index (χ2n) is 3.69. The molecule has 0 amide bonds. The van der Waals surface area contributed by atoms with Gasteiger partial charge in [0.15, 0.2) is 0 Å². The summed E-state index contributed by atoms with van der Waals surface area (Å²) in [6, 6.07) is 7.44. The molecule has 0 aromatic heterocycles. The molecule has 0 aliphatic carbocycles. The van der Waals surface area contributed by atoms with E-state index in [1.807, 2.05) is 18.2 Å². The average Bonchev–Trinajstić information content (AvgIpc) is 2.78. The molecule has 0 N–H and O–H groups in total. The van der Waals surface area contributed by atoms with Crippen LogP contribution in [0.1, 0.15) is 25.0 Å². The van der Waals surface area contributed by atoms with Crippen LogP contribution < -0.4 is 0 Å². The Morgan fingerprint density at radius 2 is 2.41 bits per heavy atom. The second kappa shape index (κ2) is 5.23. The quantitative estimate of drug-likeness (QED) is 0.775. The van der Waals surface area contributed by atoms with Crippen molar-refractivity contribution in [1.82, 2.24) is 0 Å². The summed E-state index contributed by atoms with van der Waals surface area (Å²) < 4.78 is 10.4. The topological polar surface area (TPSA) is 35.5 Å². The molecular weight excluding hydrogens is 240 g/mol. The van der Waals surface area contributed by atoms with E-state index in [9.17, 15) is 4.79 Å². The summed E-state index contributed by atoms with van der Waals surface area (Å²) in [5, 5.41) is 0.663. The summed E-state index contributed by atoms with van der Waals surface area (Å²) in [5.41, 5.74) is 0.966. The minimum absolute atomic E-state index is 0.145. The van der Waals surface area contributed by atoms with Crippen LogP contribution in [0.15, 0.2) is 36.1 Å². The van der Waals surface area contributed by atoms with Crippen LogP contribution >= 0.6 is 11.6 Å². The molecule has 1 heterocycles. The van der Waals surface area contributed by atoms with Crippen molar-refractivity contribution in [3.8, 4) is 0 Å². The molecule has 1 atom stereocenters. The zero-order chi connectivity index (χ0) is 12.3. The van der Waals surface area contributed by atoms with Crippen molar-refractivity contribution in [3.63, 3.8) is 0 Å². The molecule has 1 aliphatic rings. The van der Waals surface area contributed by atoms with E-state index in [0.29, 0.717) is 18.1 Å². The van der Waals surface area contributed by atoms with Crippen molar-refractivity contribution in [1.29, 1.82) is 0 Å². The Hall–Kier alpha value is -1.48. The summed E-state index contributed by atoms with van der Waals surface area (Å²) >= 11 is 5.91. The number of hydrogen-bond acceptors (Lipinski definition) is 3. The van der Waals surface area contributed by atoms with Gasteiger partial charge in [0.05, 0.1) is 6.61 Å². The number of rotatable bonds is 3. The molecule has 17 heavy (non-hydrogen) atoms. The first-order valence-electron chi connectivity index (χ1n) is 5.50. The van der Waals surface area contributed by atoms with E-state index < -0.39 is 5.97 Å². The third-order valence-corrected chi connectivity index (χ3v) is 2.72. The van der Waals surface area contributed by atoms with Crippen molar-refractivity contribution in [2.24, 2.45) is 0 Å². The lowest BCUT2D eigenvalue weighted by Gasteiger charge is -2.13. The van der Waals surface area contributed by atoms with Gasteiger partial charge in [0.1, 0.15) is 6.10 Å². The van der Waals surface area contributed by atoms with E-state index in [4.69, 9.17) is 21.1 Å². The lowest BCUT2D eigenvalue weighted by molar-refractivity contribution is -0.143. The molecule has 1 aromatic carbocycles. The maximum atomic E-state index is 11.4. The van der Waals surface area contributed by atoms with Gasteiger partial charge >= 0.3 is 5.97 Å². The maximum Gasteiger partial charge on any atom is 0.373 e. The van der Waals surface area contributed by atoms with Crippen LogP contribution in [-0.2, 0) is 14.3 Å². The van der Waals surface area contributed by atoms with Crippen LogP contribution in [0.3, 0.4) is 0 Å². The van der Waals surface area contributed by atoms with Gasteiger partial charge in [-0.15, -0.1) is 0 Å². The fourth-order valence-electron chi connectivity index (χ4n) is 1.71. The Morgan fingerprint density at radius 3 is 3.12 bits per heavy atom. The lowest BCUT2D eigenvalue weighted by atomic mass is 10.1. The van der Waals surface area contributed by atoms with Gasteiger partial charge in [0.25, 0.3) is 0 Å². The number of carbonyl (C=O) groups excluding carboxylic acids is 1. The van der Waals surface area contributed by atoms with Crippen LogP contribution in [0, 0.1) is 0 Å². The SMILES string of the molecule is CCOC(=O)C1=CCC(c2cccc(Cl)c2)O1. The molecule has 4 heteroatoms. The molecule has 0 saturated heterocycles. The normalized spacial score (nSPS) is 18.5. The minimum atomic E-state index is -0.406. The summed E-state index contributed by atoms with van der Waals surface area (Å²) in [6.45, 7) is 2.11. The van der Waals surface area contributed by atoms with Crippen LogP contribution in [0.2, 0.25) is 5.02 Å². The summed E-state index contributed by atoms with van der Waals surface area (Å²) in [7, 11) is 0. The maximum absolute atomic E-state index is 11.4. The fraction of sp³-hybridized carbons (Fsp3) is 0.308. The highest BCUT2D eigenvalue weighted by molar-refractivity contribution is 6.30. The predicted molar refractivity (Wildman–Crippen MR) is 64.6 cm³/mol. The van der Waals surface area contributed by atoms with Gasteiger partial charge in [0.2, 0.25) is 5.76 Å². The van der Waals surface area contributed by atoms with E-state index in [2.05, 4.69) is 0 Å².